The van der Waals surface area contributed by atoms with E-state index >= 15 is 0 Å². The molecule has 0 saturated heterocycles. The fourth-order valence-corrected chi connectivity index (χ4v) is 3.44. The second-order valence-electron chi connectivity index (χ2n) is 6.96. The number of para-hydroxylation sites is 1. The lowest BCUT2D eigenvalue weighted by atomic mass is 10.1. The maximum Gasteiger partial charge on any atom is 0.264 e. The summed E-state index contributed by atoms with van der Waals surface area (Å²) in [6.45, 7) is 4.11. The summed E-state index contributed by atoms with van der Waals surface area (Å²) in [6, 6.07) is 14.9. The molecule has 28 heavy (non-hydrogen) atoms. The zero-order valence-electron chi connectivity index (χ0n) is 15.6. The van der Waals surface area contributed by atoms with Crippen molar-refractivity contribution in [3.05, 3.63) is 65.0 Å². The lowest BCUT2D eigenvalue weighted by Crippen LogP contribution is -2.44. The second-order valence-corrected chi connectivity index (χ2v) is 7.37. The second kappa shape index (κ2) is 7.64. The maximum absolute atomic E-state index is 13.1. The van der Waals surface area contributed by atoms with Gasteiger partial charge in [0.25, 0.3) is 5.91 Å². The number of hydrogen-bond acceptors (Lipinski definition) is 5. The summed E-state index contributed by atoms with van der Waals surface area (Å²) >= 11 is 6.20. The molecule has 3 aromatic rings. The van der Waals surface area contributed by atoms with Crippen LogP contribution >= 0.6 is 11.6 Å². The van der Waals surface area contributed by atoms with Gasteiger partial charge in [-0.2, -0.15) is 0 Å². The first-order chi connectivity index (χ1) is 13.5. The molecule has 0 bridgehead atoms. The van der Waals surface area contributed by atoms with Crippen molar-refractivity contribution in [2.75, 3.05) is 0 Å². The average molecular weight is 398 g/mol. The molecule has 1 amide bonds. The predicted octanol–water partition coefficient (Wildman–Crippen LogP) is 4.13. The molecule has 144 valence electrons. The first-order valence-electron chi connectivity index (χ1n) is 9.15. The van der Waals surface area contributed by atoms with Crippen LogP contribution in [0.3, 0.4) is 0 Å². The largest absolute Gasteiger partial charge is 0.480 e. The van der Waals surface area contributed by atoms with Gasteiger partial charge in [-0.25, -0.2) is 0 Å². The number of carbonyl (C=O) groups excluding carboxylic acids is 1. The highest BCUT2D eigenvalue weighted by molar-refractivity contribution is 6.33. The van der Waals surface area contributed by atoms with E-state index in [0.717, 1.165) is 11.3 Å². The maximum atomic E-state index is 13.1. The number of fused-ring (bicyclic) bond motifs is 1. The smallest absolute Gasteiger partial charge is 0.264 e. The number of carbonyl (C=O) groups is 1. The van der Waals surface area contributed by atoms with Gasteiger partial charge in [0.2, 0.25) is 11.8 Å². The van der Waals surface area contributed by atoms with E-state index in [9.17, 15) is 4.79 Å². The van der Waals surface area contributed by atoms with Gasteiger partial charge >= 0.3 is 0 Å². The molecule has 6 nitrogen and oxygen atoms in total. The summed E-state index contributed by atoms with van der Waals surface area (Å²) in [7, 11) is 0. The number of nitrogens with zero attached hydrogens (tertiary/aromatic N) is 3. The van der Waals surface area contributed by atoms with Crippen LogP contribution in [0.2, 0.25) is 5.02 Å². The third-order valence-corrected chi connectivity index (χ3v) is 5.04. The minimum atomic E-state index is -0.536. The van der Waals surface area contributed by atoms with E-state index in [1.54, 1.807) is 11.0 Å². The van der Waals surface area contributed by atoms with Gasteiger partial charge in [0.15, 0.2) is 6.10 Å². The average Bonchev–Trinajstić information content (AvgIpc) is 3.32. The van der Waals surface area contributed by atoms with E-state index in [2.05, 4.69) is 10.2 Å². The number of benzene rings is 2. The number of rotatable bonds is 5. The van der Waals surface area contributed by atoms with Crippen molar-refractivity contribution >= 4 is 17.5 Å². The normalized spacial score (nSPS) is 15.4. The molecular formula is C21H20ClN3O3. The molecule has 1 aromatic heterocycles. The molecule has 4 rings (SSSR count). The number of hydrogen-bond donors (Lipinski definition) is 0. The van der Waals surface area contributed by atoms with Gasteiger partial charge in [0.05, 0.1) is 17.1 Å². The van der Waals surface area contributed by atoms with Gasteiger partial charge in [-0.1, -0.05) is 41.9 Å². The van der Waals surface area contributed by atoms with Crippen LogP contribution in [0.15, 0.2) is 52.9 Å². The Morgan fingerprint density at radius 2 is 1.93 bits per heavy atom. The summed E-state index contributed by atoms with van der Waals surface area (Å²) in [5.74, 6) is 1.36. The van der Waals surface area contributed by atoms with Crippen LogP contribution in [0.5, 0.6) is 5.75 Å². The van der Waals surface area contributed by atoms with Crippen LogP contribution in [-0.4, -0.2) is 33.2 Å². The SMILES string of the molecule is CC(C)N(Cc1nnc(-c2ccccc2Cl)o1)C(=O)C1Cc2ccccc2O1. The Morgan fingerprint density at radius 3 is 2.68 bits per heavy atom. The predicted molar refractivity (Wildman–Crippen MR) is 105 cm³/mol. The minimum Gasteiger partial charge on any atom is -0.480 e. The molecule has 1 atom stereocenters. The summed E-state index contributed by atoms with van der Waals surface area (Å²) in [5.41, 5.74) is 1.71. The standard InChI is InChI=1S/C21H20ClN3O3/c1-13(2)25(21(26)18-11-14-7-3-6-10-17(14)27-18)12-19-23-24-20(28-19)15-8-4-5-9-16(15)22/h3-10,13,18H,11-12H2,1-2H3. The monoisotopic (exact) mass is 397 g/mol. The quantitative estimate of drug-likeness (QED) is 0.647. The van der Waals surface area contributed by atoms with Crippen molar-refractivity contribution in [1.29, 1.82) is 0 Å². The topological polar surface area (TPSA) is 68.5 Å². The van der Waals surface area contributed by atoms with E-state index < -0.39 is 6.10 Å². The van der Waals surface area contributed by atoms with Crippen LogP contribution in [0.25, 0.3) is 11.5 Å². The van der Waals surface area contributed by atoms with Crippen molar-refractivity contribution < 1.29 is 13.9 Å². The molecule has 1 unspecified atom stereocenters. The van der Waals surface area contributed by atoms with Crippen molar-refractivity contribution in [3.63, 3.8) is 0 Å². The lowest BCUT2D eigenvalue weighted by Gasteiger charge is -2.27. The van der Waals surface area contributed by atoms with Crippen LogP contribution in [0, 0.1) is 0 Å². The highest BCUT2D eigenvalue weighted by atomic mass is 35.5. The Labute approximate surface area is 168 Å². The highest BCUT2D eigenvalue weighted by Crippen LogP contribution is 2.30. The number of halogens is 1. The van der Waals surface area contributed by atoms with Crippen LogP contribution in [-0.2, 0) is 17.8 Å². The minimum absolute atomic E-state index is 0.0459. The first-order valence-corrected chi connectivity index (χ1v) is 9.53. The van der Waals surface area contributed by atoms with Crippen molar-refractivity contribution in [3.8, 4) is 17.2 Å². The van der Waals surface area contributed by atoms with E-state index in [1.165, 1.54) is 0 Å². The van der Waals surface area contributed by atoms with Gasteiger partial charge < -0.3 is 14.1 Å². The Balaban J connectivity index is 1.51. The van der Waals surface area contributed by atoms with Crippen molar-refractivity contribution in [2.24, 2.45) is 0 Å². The van der Waals surface area contributed by atoms with Gasteiger partial charge in [0.1, 0.15) is 5.75 Å². The fraction of sp³-hybridized carbons (Fsp3) is 0.286. The van der Waals surface area contributed by atoms with E-state index in [0.29, 0.717) is 28.8 Å². The van der Waals surface area contributed by atoms with E-state index in [4.69, 9.17) is 20.8 Å². The Bertz CT molecular complexity index is 977. The van der Waals surface area contributed by atoms with Crippen LogP contribution < -0.4 is 4.74 Å². The summed E-state index contributed by atoms with van der Waals surface area (Å²) < 4.78 is 11.6. The summed E-state index contributed by atoms with van der Waals surface area (Å²) in [6.07, 6.45) is 0.0261. The highest BCUT2D eigenvalue weighted by Gasteiger charge is 2.34. The van der Waals surface area contributed by atoms with Gasteiger partial charge in [-0.15, -0.1) is 10.2 Å². The van der Waals surface area contributed by atoms with Gasteiger partial charge in [0, 0.05) is 12.5 Å². The number of ether oxygens (including phenoxy) is 1. The molecule has 0 radical (unpaired) electrons. The molecule has 0 aliphatic carbocycles. The molecule has 7 heteroatoms. The summed E-state index contributed by atoms with van der Waals surface area (Å²) in [4.78, 5) is 14.8. The lowest BCUT2D eigenvalue weighted by molar-refractivity contribution is -0.140. The molecule has 0 spiro atoms. The molecule has 0 fully saturated rings. The number of amides is 1. The molecule has 1 aliphatic rings. The van der Waals surface area contributed by atoms with Crippen molar-refractivity contribution in [2.45, 2.75) is 39.0 Å². The number of aromatic nitrogens is 2. The van der Waals surface area contributed by atoms with Gasteiger partial charge in [-0.05, 0) is 37.6 Å². The van der Waals surface area contributed by atoms with E-state index in [-0.39, 0.29) is 18.5 Å². The molecule has 0 N–H and O–H groups in total. The van der Waals surface area contributed by atoms with Crippen molar-refractivity contribution in [1.82, 2.24) is 15.1 Å². The van der Waals surface area contributed by atoms with E-state index in [1.807, 2.05) is 56.3 Å². The third kappa shape index (κ3) is 3.60. The van der Waals surface area contributed by atoms with Gasteiger partial charge in [-0.3, -0.25) is 4.79 Å². The van der Waals surface area contributed by atoms with Crippen LogP contribution in [0.4, 0.5) is 0 Å². The Morgan fingerprint density at radius 1 is 1.18 bits per heavy atom. The molecule has 2 heterocycles. The third-order valence-electron chi connectivity index (χ3n) is 4.71. The molecule has 0 saturated carbocycles. The Kier molecular flexibility index (Phi) is 5.05. The zero-order chi connectivity index (χ0) is 19.7. The first kappa shape index (κ1) is 18.5. The summed E-state index contributed by atoms with van der Waals surface area (Å²) in [5, 5.41) is 8.71. The molecule has 1 aliphatic heterocycles. The van der Waals surface area contributed by atoms with Crippen LogP contribution in [0.1, 0.15) is 25.3 Å². The molecular weight excluding hydrogens is 378 g/mol. The fourth-order valence-electron chi connectivity index (χ4n) is 3.23. The molecule has 2 aromatic carbocycles. The zero-order valence-corrected chi connectivity index (χ0v) is 16.4. The Hall–Kier alpha value is -2.86.